The van der Waals surface area contributed by atoms with Gasteiger partial charge >= 0.3 is 0 Å². The van der Waals surface area contributed by atoms with Crippen LogP contribution in [-0.2, 0) is 6.54 Å². The van der Waals surface area contributed by atoms with Crippen LogP contribution in [0.2, 0.25) is 0 Å². The molecule has 0 unspecified atom stereocenters. The number of nitrogens with zero attached hydrogens (tertiary/aromatic N) is 4. The first-order chi connectivity index (χ1) is 12.0. The Hall–Kier alpha value is -2.89. The van der Waals surface area contributed by atoms with E-state index in [2.05, 4.69) is 39.0 Å². The van der Waals surface area contributed by atoms with Crippen LogP contribution in [0.1, 0.15) is 33.0 Å². The molecule has 1 aromatic heterocycles. The summed E-state index contributed by atoms with van der Waals surface area (Å²) >= 11 is 0. The zero-order valence-corrected chi connectivity index (χ0v) is 15.3. The molecule has 1 aromatic carbocycles. The van der Waals surface area contributed by atoms with Crippen LogP contribution in [0.25, 0.3) is 0 Å². The maximum absolute atomic E-state index is 5.88. The monoisotopic (exact) mass is 338 g/mol. The topological polar surface area (TPSA) is 80.0 Å². The van der Waals surface area contributed by atoms with Crippen molar-refractivity contribution in [1.82, 2.24) is 15.0 Å². The lowest BCUT2D eigenvalue weighted by Gasteiger charge is -2.18. The number of allylic oxidation sites excluding steroid dienone is 3. The van der Waals surface area contributed by atoms with Gasteiger partial charge in [0.25, 0.3) is 0 Å². The molecule has 0 atom stereocenters. The van der Waals surface area contributed by atoms with E-state index >= 15 is 0 Å². The van der Waals surface area contributed by atoms with Crippen molar-refractivity contribution in [3.63, 3.8) is 0 Å². The van der Waals surface area contributed by atoms with E-state index in [9.17, 15) is 0 Å². The summed E-state index contributed by atoms with van der Waals surface area (Å²) in [4.78, 5) is 15.1. The summed E-state index contributed by atoms with van der Waals surface area (Å²) in [5.74, 6) is 1.29. The van der Waals surface area contributed by atoms with Gasteiger partial charge in [-0.25, -0.2) is 0 Å². The van der Waals surface area contributed by atoms with Crippen molar-refractivity contribution >= 4 is 17.6 Å². The number of anilines is 3. The molecule has 0 fully saturated rings. The van der Waals surface area contributed by atoms with Gasteiger partial charge in [0, 0.05) is 18.4 Å². The molecule has 2 aromatic rings. The van der Waals surface area contributed by atoms with Crippen molar-refractivity contribution in [2.45, 2.75) is 33.7 Å². The number of rotatable bonds is 7. The van der Waals surface area contributed by atoms with E-state index in [1.807, 2.05) is 56.5 Å². The summed E-state index contributed by atoms with van der Waals surface area (Å²) in [7, 11) is 1.99. The van der Waals surface area contributed by atoms with Gasteiger partial charge in [-0.1, -0.05) is 31.2 Å². The molecule has 2 rings (SSSR count). The van der Waals surface area contributed by atoms with Crippen molar-refractivity contribution < 1.29 is 0 Å². The lowest BCUT2D eigenvalue weighted by Crippen LogP contribution is -2.20. The third kappa shape index (κ3) is 5.31. The second-order valence-corrected chi connectivity index (χ2v) is 5.80. The zero-order chi connectivity index (χ0) is 18.2. The molecule has 0 aliphatic heterocycles. The van der Waals surface area contributed by atoms with Crippen LogP contribution >= 0.6 is 0 Å². The first-order valence-electron chi connectivity index (χ1n) is 8.39. The van der Waals surface area contributed by atoms with E-state index in [1.54, 1.807) is 0 Å². The van der Waals surface area contributed by atoms with Crippen molar-refractivity contribution in [3.05, 3.63) is 59.6 Å². The fraction of sp³-hybridized carbons (Fsp3) is 0.316. The zero-order valence-electron chi connectivity index (χ0n) is 15.3. The smallest absolute Gasteiger partial charge is 0.232 e. The summed E-state index contributed by atoms with van der Waals surface area (Å²) in [6, 6.07) is 10.1. The molecule has 0 amide bonds. The normalized spacial score (nSPS) is 12.2. The number of hydrogen-bond acceptors (Lipinski definition) is 6. The molecule has 0 saturated heterocycles. The molecule has 0 spiro atoms. The minimum absolute atomic E-state index is 0.211. The van der Waals surface area contributed by atoms with Crippen LogP contribution in [0.5, 0.6) is 0 Å². The first-order valence-corrected chi connectivity index (χ1v) is 8.39. The number of aromatic nitrogens is 3. The average Bonchev–Trinajstić information content (AvgIpc) is 2.61. The molecular formula is C19H26N6. The summed E-state index contributed by atoms with van der Waals surface area (Å²) in [5.41, 5.74) is 9.17. The van der Waals surface area contributed by atoms with Crippen LogP contribution in [0.3, 0.4) is 0 Å². The maximum atomic E-state index is 5.88. The minimum Gasteiger partial charge on any atom is -0.368 e. The Bertz CT molecular complexity index is 752. The lowest BCUT2D eigenvalue weighted by atomic mass is 10.1. The van der Waals surface area contributed by atoms with Crippen molar-refractivity contribution in [3.8, 4) is 0 Å². The Balaban J connectivity index is 2.22. The largest absolute Gasteiger partial charge is 0.368 e. The molecule has 0 radical (unpaired) electrons. The molecular weight excluding hydrogens is 312 g/mol. The predicted molar refractivity (Wildman–Crippen MR) is 104 cm³/mol. The maximum Gasteiger partial charge on any atom is 0.232 e. The Morgan fingerprint density at radius 2 is 1.92 bits per heavy atom. The van der Waals surface area contributed by atoms with Gasteiger partial charge in [-0.15, -0.1) is 0 Å². The van der Waals surface area contributed by atoms with Gasteiger partial charge in [0.05, 0.1) is 6.54 Å². The van der Waals surface area contributed by atoms with Gasteiger partial charge < -0.3 is 16.0 Å². The van der Waals surface area contributed by atoms with E-state index in [4.69, 9.17) is 5.73 Å². The van der Waals surface area contributed by atoms with Crippen molar-refractivity contribution in [1.29, 1.82) is 0 Å². The number of hydrogen-bond donors (Lipinski definition) is 2. The third-order valence-electron chi connectivity index (χ3n) is 3.84. The number of nitrogens with two attached hydrogens (primary N) is 1. The van der Waals surface area contributed by atoms with E-state index in [0.717, 1.165) is 17.8 Å². The second-order valence-electron chi connectivity index (χ2n) is 5.80. The lowest BCUT2D eigenvalue weighted by molar-refractivity contribution is 0.827. The molecule has 1 heterocycles. The Kier molecular flexibility index (Phi) is 6.51. The second kappa shape index (κ2) is 8.82. The number of para-hydroxylation sites is 1. The Morgan fingerprint density at radius 3 is 2.56 bits per heavy atom. The fourth-order valence-corrected chi connectivity index (χ4v) is 2.32. The standard InChI is InChI=1S/C19H26N6/c1-5-10-16(14(3)6-2)21-19-23-17(22-18(20)24-19)13-25(4)15-11-8-7-9-12-15/h5,7-12H,6,13H2,1-4H3,(H3,20,21,22,23,24)/b10-5-,16-14+. The van der Waals surface area contributed by atoms with E-state index in [1.165, 1.54) is 5.57 Å². The van der Waals surface area contributed by atoms with Crippen LogP contribution in [-0.4, -0.2) is 22.0 Å². The van der Waals surface area contributed by atoms with Gasteiger partial charge in [0.2, 0.25) is 11.9 Å². The SMILES string of the molecule is C/C=C\C(Nc1nc(N)nc(CN(C)c2ccccc2)n1)=C(\C)CC. The third-order valence-corrected chi connectivity index (χ3v) is 3.84. The molecule has 132 valence electrons. The average molecular weight is 338 g/mol. The highest BCUT2D eigenvalue weighted by Gasteiger charge is 2.09. The quantitative estimate of drug-likeness (QED) is 0.748. The Morgan fingerprint density at radius 1 is 1.20 bits per heavy atom. The van der Waals surface area contributed by atoms with Crippen LogP contribution < -0.4 is 16.0 Å². The van der Waals surface area contributed by atoms with Gasteiger partial charge in [-0.3, -0.25) is 0 Å². The van der Waals surface area contributed by atoms with E-state index in [0.29, 0.717) is 18.3 Å². The van der Waals surface area contributed by atoms with Crippen LogP contribution in [0, 0.1) is 0 Å². The summed E-state index contributed by atoms with van der Waals surface area (Å²) < 4.78 is 0. The van der Waals surface area contributed by atoms with Gasteiger partial charge in [0.15, 0.2) is 5.82 Å². The minimum atomic E-state index is 0.211. The molecule has 0 saturated carbocycles. The molecule has 0 aliphatic rings. The van der Waals surface area contributed by atoms with Gasteiger partial charge in [-0.2, -0.15) is 15.0 Å². The molecule has 25 heavy (non-hydrogen) atoms. The first kappa shape index (κ1) is 18.4. The van der Waals surface area contributed by atoms with Crippen LogP contribution in [0.4, 0.5) is 17.6 Å². The van der Waals surface area contributed by atoms with E-state index in [-0.39, 0.29) is 5.95 Å². The van der Waals surface area contributed by atoms with Crippen molar-refractivity contribution in [2.75, 3.05) is 23.0 Å². The number of benzene rings is 1. The number of nitrogen functional groups attached to an aromatic ring is 1. The molecule has 6 nitrogen and oxygen atoms in total. The van der Waals surface area contributed by atoms with Crippen molar-refractivity contribution in [2.24, 2.45) is 0 Å². The summed E-state index contributed by atoms with van der Waals surface area (Å²) in [6.07, 6.45) is 4.93. The van der Waals surface area contributed by atoms with Gasteiger partial charge in [-0.05, 0) is 44.1 Å². The predicted octanol–water partition coefficient (Wildman–Crippen LogP) is 3.76. The molecule has 0 aliphatic carbocycles. The summed E-state index contributed by atoms with van der Waals surface area (Å²) in [6.45, 7) is 6.72. The molecule has 3 N–H and O–H groups in total. The fourth-order valence-electron chi connectivity index (χ4n) is 2.32. The molecule has 6 heteroatoms. The Labute approximate surface area is 149 Å². The molecule has 0 bridgehead atoms. The highest BCUT2D eigenvalue weighted by atomic mass is 15.2. The highest BCUT2D eigenvalue weighted by molar-refractivity contribution is 5.46. The summed E-state index contributed by atoms with van der Waals surface area (Å²) in [5, 5.41) is 3.26. The van der Waals surface area contributed by atoms with Crippen LogP contribution in [0.15, 0.2) is 53.8 Å². The number of nitrogens with one attached hydrogen (secondary N) is 1. The highest BCUT2D eigenvalue weighted by Crippen LogP contribution is 2.16. The van der Waals surface area contributed by atoms with Gasteiger partial charge in [0.1, 0.15) is 0 Å². The van der Waals surface area contributed by atoms with E-state index < -0.39 is 0 Å².